The number of halogens is 1. The molecule has 0 bridgehead atoms. The van der Waals surface area contributed by atoms with Gasteiger partial charge in [0.15, 0.2) is 0 Å². The van der Waals surface area contributed by atoms with Crippen molar-refractivity contribution in [2.45, 2.75) is 132 Å². The largest absolute Gasteiger partial charge is 0.446 e. The quantitative estimate of drug-likeness (QED) is 0.369. The highest BCUT2D eigenvalue weighted by atomic mass is 32.2. The number of fused-ring (bicyclic) bond motifs is 3. The zero-order valence-electron chi connectivity index (χ0n) is 29.0. The second-order valence-corrected chi connectivity index (χ2v) is 17.0. The Bertz CT molecular complexity index is 1750. The number of ether oxygens (including phenoxy) is 2. The lowest BCUT2D eigenvalue weighted by Crippen LogP contribution is -2.58. The Morgan fingerprint density at radius 1 is 0.942 bits per heavy atom. The molecule has 16 heteroatoms. The van der Waals surface area contributed by atoms with Gasteiger partial charge in [-0.3, -0.25) is 24.0 Å². The van der Waals surface area contributed by atoms with Crippen molar-refractivity contribution in [3.05, 3.63) is 47.3 Å². The molecule has 6 aliphatic rings. The molecule has 0 unspecified atom stereocenters. The molecule has 5 amide bonds. The lowest BCUT2D eigenvalue weighted by molar-refractivity contribution is -0.141. The fourth-order valence-electron chi connectivity index (χ4n) is 7.91. The first-order valence-corrected chi connectivity index (χ1v) is 20.0. The van der Waals surface area contributed by atoms with Gasteiger partial charge >= 0.3 is 12.2 Å². The monoisotopic (exact) mass is 743 g/mol. The summed E-state index contributed by atoms with van der Waals surface area (Å²) in [6, 6.07) is 2.37. The van der Waals surface area contributed by atoms with Crippen LogP contribution in [-0.4, -0.2) is 89.8 Å². The van der Waals surface area contributed by atoms with E-state index in [1.807, 2.05) is 12.2 Å². The molecular formula is C36H46FN5O9S. The van der Waals surface area contributed by atoms with Crippen molar-refractivity contribution >= 4 is 39.9 Å². The van der Waals surface area contributed by atoms with Crippen LogP contribution < -0.4 is 15.4 Å². The first kappa shape index (κ1) is 36.2. The van der Waals surface area contributed by atoms with E-state index >= 15 is 0 Å². The van der Waals surface area contributed by atoms with Crippen LogP contribution in [-0.2, 0) is 47.0 Å². The summed E-state index contributed by atoms with van der Waals surface area (Å²) in [5.41, 5.74) is -0.496. The molecule has 3 aliphatic carbocycles. The van der Waals surface area contributed by atoms with E-state index in [2.05, 4.69) is 15.4 Å². The van der Waals surface area contributed by atoms with Gasteiger partial charge in [-0.25, -0.2) is 22.4 Å². The van der Waals surface area contributed by atoms with Crippen LogP contribution in [0.1, 0.15) is 94.6 Å². The predicted octanol–water partition coefficient (Wildman–Crippen LogP) is 3.29. The van der Waals surface area contributed by atoms with Crippen LogP contribution >= 0.6 is 0 Å². The number of amides is 5. The number of carbonyl (C=O) groups excluding carboxylic acids is 5. The summed E-state index contributed by atoms with van der Waals surface area (Å²) >= 11 is 0. The maximum Gasteiger partial charge on any atom is 0.410 e. The molecule has 3 aliphatic heterocycles. The van der Waals surface area contributed by atoms with E-state index in [-0.39, 0.29) is 45.0 Å². The summed E-state index contributed by atoms with van der Waals surface area (Å²) in [7, 11) is -3.91. The molecule has 3 heterocycles. The van der Waals surface area contributed by atoms with E-state index < -0.39 is 80.6 Å². The third-order valence-electron chi connectivity index (χ3n) is 11.2. The Hall–Kier alpha value is -4.21. The minimum Gasteiger partial charge on any atom is -0.446 e. The molecule has 0 spiro atoms. The van der Waals surface area contributed by atoms with Gasteiger partial charge in [-0.05, 0) is 75.8 Å². The molecule has 14 nitrogen and oxygen atoms in total. The number of nitrogens with one attached hydrogen (secondary N) is 3. The van der Waals surface area contributed by atoms with Crippen molar-refractivity contribution < 1.29 is 46.3 Å². The van der Waals surface area contributed by atoms with Gasteiger partial charge < -0.3 is 25.0 Å². The molecule has 3 saturated carbocycles. The van der Waals surface area contributed by atoms with Crippen LogP contribution in [0.15, 0.2) is 30.4 Å². The second kappa shape index (κ2) is 14.7. The molecular weight excluding hydrogens is 697 g/mol. The maximum absolute atomic E-state index is 14.4. The Labute approximate surface area is 302 Å². The average molecular weight is 744 g/mol. The van der Waals surface area contributed by atoms with Gasteiger partial charge in [-0.1, -0.05) is 37.1 Å². The highest BCUT2D eigenvalue weighted by molar-refractivity contribution is 7.91. The topological polar surface area (TPSA) is 181 Å². The van der Waals surface area contributed by atoms with Gasteiger partial charge in [0.1, 0.15) is 35.6 Å². The zero-order valence-corrected chi connectivity index (χ0v) is 29.8. The third-order valence-corrected chi connectivity index (χ3v) is 13.0. The van der Waals surface area contributed by atoms with E-state index in [1.54, 1.807) is 12.1 Å². The van der Waals surface area contributed by atoms with Crippen LogP contribution in [0.3, 0.4) is 0 Å². The van der Waals surface area contributed by atoms with Gasteiger partial charge in [-0.15, -0.1) is 0 Å². The molecule has 1 saturated heterocycles. The Kier molecular flexibility index (Phi) is 10.2. The lowest BCUT2D eigenvalue weighted by Gasteiger charge is -2.30. The van der Waals surface area contributed by atoms with E-state index in [9.17, 15) is 36.8 Å². The summed E-state index contributed by atoms with van der Waals surface area (Å²) in [6.45, 7) is -0.0334. The summed E-state index contributed by atoms with van der Waals surface area (Å²) < 4.78 is 53.5. The van der Waals surface area contributed by atoms with Crippen molar-refractivity contribution in [2.75, 3.05) is 6.54 Å². The Morgan fingerprint density at radius 2 is 1.71 bits per heavy atom. The fraction of sp³-hybridized carbons (Fsp3) is 0.639. The first-order valence-electron chi connectivity index (χ1n) is 18.5. The Balaban J connectivity index is 1.12. The van der Waals surface area contributed by atoms with Crippen LogP contribution in [0.5, 0.6) is 0 Å². The number of alkyl carbamates (subject to hydrolysis) is 1. The van der Waals surface area contributed by atoms with Crippen LogP contribution in [0, 0.1) is 11.7 Å². The Morgan fingerprint density at radius 3 is 2.46 bits per heavy atom. The molecule has 52 heavy (non-hydrogen) atoms. The van der Waals surface area contributed by atoms with Gasteiger partial charge in [0, 0.05) is 24.4 Å². The SMILES string of the molecule is O=C(N[C@H]1CCCCC/C=C\[C@H]2C[C@@]2(C(=O)NS(=O)(=O)C2CC2)NC(=O)[C@@H]2C[C@@H](OC(=O)N3Cc4cccc(F)c4C3)CN2C1=O)OC1CCCC1. The minimum atomic E-state index is -3.91. The maximum atomic E-state index is 14.4. The smallest absolute Gasteiger partial charge is 0.410 e. The van der Waals surface area contributed by atoms with Gasteiger partial charge in [-0.2, -0.15) is 0 Å². The summed E-state index contributed by atoms with van der Waals surface area (Å²) in [5.74, 6) is -3.00. The van der Waals surface area contributed by atoms with Crippen molar-refractivity contribution in [1.82, 2.24) is 25.2 Å². The van der Waals surface area contributed by atoms with Gasteiger partial charge in [0.25, 0.3) is 5.91 Å². The summed E-state index contributed by atoms with van der Waals surface area (Å²) in [5, 5.41) is 4.88. The van der Waals surface area contributed by atoms with Gasteiger partial charge in [0.2, 0.25) is 21.8 Å². The number of benzene rings is 1. The van der Waals surface area contributed by atoms with Crippen molar-refractivity contribution in [1.29, 1.82) is 0 Å². The van der Waals surface area contributed by atoms with E-state index in [0.29, 0.717) is 36.8 Å². The summed E-state index contributed by atoms with van der Waals surface area (Å²) in [6.07, 6.45) is 8.51. The molecule has 1 aromatic rings. The van der Waals surface area contributed by atoms with Crippen molar-refractivity contribution in [2.24, 2.45) is 5.92 Å². The molecule has 3 N–H and O–H groups in total. The zero-order chi connectivity index (χ0) is 36.6. The van der Waals surface area contributed by atoms with Crippen LogP contribution in [0.4, 0.5) is 14.0 Å². The van der Waals surface area contributed by atoms with E-state index in [4.69, 9.17) is 9.47 Å². The number of rotatable bonds is 6. The van der Waals surface area contributed by atoms with Crippen molar-refractivity contribution in [3.63, 3.8) is 0 Å². The van der Waals surface area contributed by atoms with Crippen LogP contribution in [0.25, 0.3) is 0 Å². The molecule has 0 aromatic heterocycles. The van der Waals surface area contributed by atoms with E-state index in [1.165, 1.54) is 15.9 Å². The number of allylic oxidation sites excluding steroid dienone is 1. The lowest BCUT2D eigenvalue weighted by atomic mass is 10.0. The fourth-order valence-corrected chi connectivity index (χ4v) is 9.27. The number of nitrogens with zero attached hydrogens (tertiary/aromatic N) is 2. The molecule has 282 valence electrons. The normalized spacial score (nSPS) is 30.2. The van der Waals surface area contributed by atoms with Crippen LogP contribution in [0.2, 0.25) is 0 Å². The highest BCUT2D eigenvalue weighted by Gasteiger charge is 2.62. The van der Waals surface area contributed by atoms with Crippen molar-refractivity contribution in [3.8, 4) is 0 Å². The third kappa shape index (κ3) is 7.76. The molecule has 0 radical (unpaired) electrons. The molecule has 5 atom stereocenters. The number of carbonyl (C=O) groups is 5. The highest BCUT2D eigenvalue weighted by Crippen LogP contribution is 2.46. The summed E-state index contributed by atoms with van der Waals surface area (Å²) in [4.78, 5) is 71.1. The minimum absolute atomic E-state index is 0.00548. The molecule has 1 aromatic carbocycles. The van der Waals surface area contributed by atoms with Gasteiger partial charge in [0.05, 0.1) is 18.3 Å². The average Bonchev–Trinajstić information content (AvgIpc) is 3.88. The molecule has 4 fully saturated rings. The molecule has 7 rings (SSSR count). The number of hydrogen-bond donors (Lipinski definition) is 3. The predicted molar refractivity (Wildman–Crippen MR) is 183 cm³/mol. The second-order valence-electron chi connectivity index (χ2n) is 15.0. The van der Waals surface area contributed by atoms with E-state index in [0.717, 1.165) is 38.5 Å². The standard InChI is InChI=1S/C36H46FN5O9S/c37-28-13-8-9-22-19-41(21-27(22)28)35(47)51-25-17-30-31(43)39-36(33(45)40-52(48,49)26-15-16-26)18-23(36)10-4-2-1-3-5-14-29(32(44)42(30)20-25)38-34(46)50-24-11-6-7-12-24/h4,8-10,13,23-26,29-30H,1-3,5-7,11-12,14-21H2,(H,38,46)(H,39,43)(H,40,45)/b10-4-/t23-,25+,29-,30-,36+/m0/s1. The number of sulfonamides is 1. The number of hydrogen-bond acceptors (Lipinski definition) is 9. The first-order chi connectivity index (χ1) is 24.9.